The van der Waals surface area contributed by atoms with E-state index in [4.69, 9.17) is 4.99 Å². The van der Waals surface area contributed by atoms with Gasteiger partial charge in [-0.05, 0) is 37.3 Å². The van der Waals surface area contributed by atoms with Crippen LogP contribution in [0, 0.1) is 0 Å². The van der Waals surface area contributed by atoms with Crippen LogP contribution >= 0.6 is 0 Å². The fraction of sp³-hybridized carbons (Fsp3) is 0.500. The highest BCUT2D eigenvalue weighted by Crippen LogP contribution is 2.15. The lowest BCUT2D eigenvalue weighted by molar-refractivity contribution is 0.596. The molecule has 0 aliphatic rings. The van der Waals surface area contributed by atoms with Crippen molar-refractivity contribution in [2.24, 2.45) is 4.99 Å². The maximum atomic E-state index is 4.79. The number of para-hydroxylation sites is 1. The zero-order chi connectivity index (χ0) is 20.5. The van der Waals surface area contributed by atoms with Gasteiger partial charge >= 0.3 is 0 Å². The monoisotopic (exact) mass is 395 g/mol. The lowest BCUT2D eigenvalue weighted by Gasteiger charge is -2.17. The molecular weight excluding hydrogens is 362 g/mol. The minimum Gasteiger partial charge on any atom is -0.355 e. The minimum atomic E-state index is 0.385. The van der Waals surface area contributed by atoms with Crippen LogP contribution in [0.4, 0.5) is 0 Å². The van der Waals surface area contributed by atoms with E-state index in [9.17, 15) is 0 Å². The first-order valence-corrected chi connectivity index (χ1v) is 10.7. The Morgan fingerprint density at radius 1 is 1.14 bits per heavy atom. The van der Waals surface area contributed by atoms with Crippen molar-refractivity contribution in [2.75, 3.05) is 13.1 Å². The minimum absolute atomic E-state index is 0.385. The Bertz CT molecular complexity index is 909. The van der Waals surface area contributed by atoms with E-state index < -0.39 is 0 Å². The van der Waals surface area contributed by atoms with Gasteiger partial charge in [0.1, 0.15) is 12.2 Å². The van der Waals surface area contributed by atoms with Crippen molar-refractivity contribution >= 4 is 16.9 Å². The van der Waals surface area contributed by atoms with Crippen molar-refractivity contribution in [1.29, 1.82) is 0 Å². The molecular formula is C22H33N7. The molecule has 29 heavy (non-hydrogen) atoms. The van der Waals surface area contributed by atoms with Crippen molar-refractivity contribution < 1.29 is 0 Å². The van der Waals surface area contributed by atoms with Crippen molar-refractivity contribution in [3.8, 4) is 0 Å². The first-order valence-electron chi connectivity index (χ1n) is 10.7. The maximum Gasteiger partial charge on any atom is 0.191 e. The van der Waals surface area contributed by atoms with Gasteiger partial charge in [-0.1, -0.05) is 32.0 Å². The first kappa shape index (κ1) is 20.9. The van der Waals surface area contributed by atoms with Gasteiger partial charge in [0.2, 0.25) is 0 Å². The summed E-state index contributed by atoms with van der Waals surface area (Å²) in [6, 6.07) is 11.1. The van der Waals surface area contributed by atoms with Crippen LogP contribution in [0.5, 0.6) is 0 Å². The Balaban J connectivity index is 1.52. The molecule has 3 rings (SSSR count). The third-order valence-electron chi connectivity index (χ3n) is 5.16. The molecule has 2 heterocycles. The Kier molecular flexibility index (Phi) is 7.67. The van der Waals surface area contributed by atoms with Crippen LogP contribution in [0.2, 0.25) is 0 Å². The molecule has 0 saturated carbocycles. The summed E-state index contributed by atoms with van der Waals surface area (Å²) < 4.78 is 4.39. The van der Waals surface area contributed by atoms with E-state index in [-0.39, 0.29) is 0 Å². The molecule has 7 heteroatoms. The number of aliphatic imine (C=N–C) groups is 1. The molecule has 156 valence electrons. The molecule has 2 aromatic heterocycles. The van der Waals surface area contributed by atoms with Crippen LogP contribution in [0.1, 0.15) is 39.4 Å². The van der Waals surface area contributed by atoms with E-state index in [1.807, 2.05) is 0 Å². The summed E-state index contributed by atoms with van der Waals surface area (Å²) >= 11 is 0. The second kappa shape index (κ2) is 10.6. The number of hydrogen-bond acceptors (Lipinski definition) is 3. The molecule has 0 bridgehead atoms. The van der Waals surface area contributed by atoms with Crippen LogP contribution in [-0.2, 0) is 19.5 Å². The summed E-state index contributed by atoms with van der Waals surface area (Å²) in [5, 5.41) is 16.4. The number of aryl methyl sites for hydroxylation is 2. The van der Waals surface area contributed by atoms with Gasteiger partial charge in [0.15, 0.2) is 5.96 Å². The number of hydrogen-bond donors (Lipinski definition) is 2. The Morgan fingerprint density at radius 3 is 2.83 bits per heavy atom. The van der Waals surface area contributed by atoms with Crippen LogP contribution in [0.25, 0.3) is 10.9 Å². The molecule has 1 aromatic carbocycles. The highest BCUT2D eigenvalue weighted by Gasteiger charge is 2.05. The largest absolute Gasteiger partial charge is 0.355 e. The predicted molar refractivity (Wildman–Crippen MR) is 119 cm³/mol. The smallest absolute Gasteiger partial charge is 0.191 e. The van der Waals surface area contributed by atoms with Crippen LogP contribution in [0.15, 0.2) is 47.8 Å². The van der Waals surface area contributed by atoms with E-state index in [0.29, 0.717) is 6.04 Å². The average Bonchev–Trinajstić information content (AvgIpc) is 3.37. The van der Waals surface area contributed by atoms with Gasteiger partial charge in [-0.2, -0.15) is 0 Å². The van der Waals surface area contributed by atoms with Crippen LogP contribution in [-0.4, -0.2) is 44.4 Å². The Labute approximate surface area is 173 Å². The molecule has 1 unspecified atom stereocenters. The van der Waals surface area contributed by atoms with Crippen LogP contribution in [0.3, 0.4) is 0 Å². The van der Waals surface area contributed by atoms with E-state index >= 15 is 0 Å². The summed E-state index contributed by atoms with van der Waals surface area (Å²) in [6.07, 6.45) is 6.90. The van der Waals surface area contributed by atoms with E-state index in [0.717, 1.165) is 57.2 Å². The van der Waals surface area contributed by atoms with Gasteiger partial charge < -0.3 is 19.8 Å². The number of nitrogens with zero attached hydrogens (tertiary/aromatic N) is 5. The van der Waals surface area contributed by atoms with E-state index in [1.165, 1.54) is 10.9 Å². The number of nitrogens with one attached hydrogen (secondary N) is 2. The van der Waals surface area contributed by atoms with Gasteiger partial charge in [0.25, 0.3) is 0 Å². The lowest BCUT2D eigenvalue weighted by Crippen LogP contribution is -2.43. The molecule has 0 aliphatic carbocycles. The molecule has 0 amide bonds. The molecule has 0 saturated heterocycles. The zero-order valence-electron chi connectivity index (χ0n) is 17.8. The van der Waals surface area contributed by atoms with Crippen molar-refractivity contribution in [1.82, 2.24) is 30.0 Å². The second-order valence-corrected chi connectivity index (χ2v) is 7.33. The first-order chi connectivity index (χ1) is 14.2. The number of fused-ring (bicyclic) bond motifs is 1. The highest BCUT2D eigenvalue weighted by molar-refractivity contribution is 5.80. The number of guanidine groups is 1. The topological polar surface area (TPSA) is 72.1 Å². The quantitative estimate of drug-likeness (QED) is 0.314. The molecule has 2 N–H and O–H groups in total. The van der Waals surface area contributed by atoms with Crippen LogP contribution < -0.4 is 10.6 Å². The maximum absolute atomic E-state index is 4.79. The van der Waals surface area contributed by atoms with Gasteiger partial charge in [-0.3, -0.25) is 4.99 Å². The third-order valence-corrected chi connectivity index (χ3v) is 5.16. The third kappa shape index (κ3) is 5.82. The molecule has 0 spiro atoms. The van der Waals surface area contributed by atoms with Crippen molar-refractivity contribution in [3.05, 3.63) is 48.7 Å². The summed E-state index contributed by atoms with van der Waals surface area (Å²) in [4.78, 5) is 4.79. The second-order valence-electron chi connectivity index (χ2n) is 7.33. The molecule has 0 aliphatic heterocycles. The SMILES string of the molecule is CCc1nncn1CCNC(=NCCCn1ccc2ccccc21)NC(C)CC. The number of benzene rings is 1. The summed E-state index contributed by atoms with van der Waals surface area (Å²) in [7, 11) is 0. The lowest BCUT2D eigenvalue weighted by atomic mass is 10.2. The van der Waals surface area contributed by atoms with Gasteiger partial charge in [0.05, 0.1) is 0 Å². The molecule has 7 nitrogen and oxygen atoms in total. The highest BCUT2D eigenvalue weighted by atomic mass is 15.3. The van der Waals surface area contributed by atoms with Gasteiger partial charge in [-0.25, -0.2) is 0 Å². The number of aromatic nitrogens is 4. The fourth-order valence-corrected chi connectivity index (χ4v) is 3.29. The molecule has 0 radical (unpaired) electrons. The average molecular weight is 396 g/mol. The summed E-state index contributed by atoms with van der Waals surface area (Å²) in [6.45, 7) is 9.82. The zero-order valence-corrected chi connectivity index (χ0v) is 17.8. The van der Waals surface area contributed by atoms with Gasteiger partial charge in [0, 0.05) is 50.4 Å². The summed E-state index contributed by atoms with van der Waals surface area (Å²) in [5.74, 6) is 1.89. The molecule has 1 atom stereocenters. The normalized spacial score (nSPS) is 13.0. The van der Waals surface area contributed by atoms with E-state index in [1.54, 1.807) is 6.33 Å². The van der Waals surface area contributed by atoms with E-state index in [2.05, 4.69) is 87.3 Å². The number of rotatable bonds is 10. The Morgan fingerprint density at radius 2 is 2.00 bits per heavy atom. The summed E-state index contributed by atoms with van der Waals surface area (Å²) in [5.41, 5.74) is 1.29. The molecule has 3 aromatic rings. The van der Waals surface area contributed by atoms with Crippen molar-refractivity contribution in [2.45, 2.75) is 59.2 Å². The van der Waals surface area contributed by atoms with Gasteiger partial charge in [-0.15, -0.1) is 10.2 Å². The Hall–Kier alpha value is -2.83. The standard InChI is InChI=1S/C22H33N7/c1-4-18(3)26-22(24-13-16-29-17-25-27-21(29)5-2)23-12-8-14-28-15-11-19-9-6-7-10-20(19)28/h6-7,9-11,15,17-18H,4-5,8,12-14,16H2,1-3H3,(H2,23,24,26). The molecule has 0 fully saturated rings. The fourth-order valence-electron chi connectivity index (χ4n) is 3.29. The van der Waals surface area contributed by atoms with Crippen molar-refractivity contribution in [3.63, 3.8) is 0 Å². The predicted octanol–water partition coefficient (Wildman–Crippen LogP) is 3.22.